The van der Waals surface area contributed by atoms with E-state index in [-0.39, 0.29) is 11.5 Å². The predicted molar refractivity (Wildman–Crippen MR) is 94.3 cm³/mol. The molecule has 7 nitrogen and oxygen atoms in total. The molecule has 2 heterocycles. The van der Waals surface area contributed by atoms with Gasteiger partial charge < -0.3 is 4.57 Å². The van der Waals surface area contributed by atoms with Gasteiger partial charge in [0.2, 0.25) is 5.91 Å². The lowest BCUT2D eigenvalue weighted by molar-refractivity contribution is -0.129. The van der Waals surface area contributed by atoms with Crippen LogP contribution in [0.2, 0.25) is 0 Å². The molecule has 3 rings (SSSR count). The number of aryl methyl sites for hydroxylation is 1. The van der Waals surface area contributed by atoms with Crippen molar-refractivity contribution >= 4 is 27.7 Å². The number of hydrazine groups is 1. The monoisotopic (exact) mass is 365 g/mol. The summed E-state index contributed by atoms with van der Waals surface area (Å²) < 4.78 is 25.0. The Balaban J connectivity index is 1.53. The number of hydrogen-bond acceptors (Lipinski definition) is 4. The molecule has 2 aliphatic rings. The fraction of sp³-hybridized carbons (Fsp3) is 0.529. The van der Waals surface area contributed by atoms with Crippen molar-refractivity contribution in [2.45, 2.75) is 39.2 Å². The van der Waals surface area contributed by atoms with Crippen molar-refractivity contribution < 1.29 is 18.0 Å². The molecule has 1 saturated heterocycles. The van der Waals surface area contributed by atoms with Gasteiger partial charge in [-0.25, -0.2) is 8.42 Å². The molecule has 1 atom stereocenters. The van der Waals surface area contributed by atoms with Crippen LogP contribution in [0.5, 0.6) is 0 Å². The maximum Gasteiger partial charge on any atom is 0.262 e. The number of nitrogens with zero attached hydrogens (tertiary/aromatic N) is 1. The smallest absolute Gasteiger partial charge is 0.262 e. The van der Waals surface area contributed by atoms with Crippen molar-refractivity contribution in [3.05, 3.63) is 29.1 Å². The highest BCUT2D eigenvalue weighted by Crippen LogP contribution is 2.38. The molecule has 1 aliphatic carbocycles. The molecule has 1 saturated carbocycles. The fourth-order valence-corrected chi connectivity index (χ4v) is 5.04. The lowest BCUT2D eigenvalue weighted by Gasteiger charge is -2.09. The van der Waals surface area contributed by atoms with Gasteiger partial charge in [-0.05, 0) is 50.8 Å². The van der Waals surface area contributed by atoms with Crippen molar-refractivity contribution in [1.82, 2.24) is 15.4 Å². The predicted octanol–water partition coefficient (Wildman–Crippen LogP) is 1.04. The van der Waals surface area contributed by atoms with Crippen LogP contribution in [0, 0.1) is 19.8 Å². The number of carbonyl (C=O) groups is 2. The van der Waals surface area contributed by atoms with Gasteiger partial charge in [-0.2, -0.15) is 0 Å². The summed E-state index contributed by atoms with van der Waals surface area (Å²) >= 11 is 0. The Morgan fingerprint density at radius 1 is 1.20 bits per heavy atom. The van der Waals surface area contributed by atoms with Gasteiger partial charge >= 0.3 is 0 Å². The second kappa shape index (κ2) is 6.67. The quantitative estimate of drug-likeness (QED) is 0.615. The van der Waals surface area contributed by atoms with Crippen molar-refractivity contribution in [3.63, 3.8) is 0 Å². The van der Waals surface area contributed by atoms with E-state index in [1.54, 1.807) is 6.08 Å². The normalized spacial score (nSPS) is 22.2. The molecule has 1 aromatic heterocycles. The third-order valence-electron chi connectivity index (χ3n) is 4.76. The number of hydrogen-bond donors (Lipinski definition) is 2. The van der Waals surface area contributed by atoms with Crippen LogP contribution in [0.4, 0.5) is 0 Å². The molecule has 8 heteroatoms. The molecule has 0 aromatic carbocycles. The van der Waals surface area contributed by atoms with Gasteiger partial charge in [-0.3, -0.25) is 20.4 Å². The number of sulfone groups is 1. The highest BCUT2D eigenvalue weighted by atomic mass is 32.2. The van der Waals surface area contributed by atoms with Crippen molar-refractivity contribution in [2.24, 2.45) is 5.92 Å². The Bertz CT molecular complexity index is 834. The van der Waals surface area contributed by atoms with Crippen LogP contribution in [0.25, 0.3) is 6.08 Å². The van der Waals surface area contributed by atoms with E-state index >= 15 is 0 Å². The summed E-state index contributed by atoms with van der Waals surface area (Å²) in [7, 11) is -3.12. The molecule has 0 unspecified atom stereocenters. The highest BCUT2D eigenvalue weighted by Gasteiger charge is 2.33. The van der Waals surface area contributed by atoms with Crippen molar-refractivity contribution in [3.8, 4) is 0 Å². The zero-order valence-corrected chi connectivity index (χ0v) is 15.2. The average molecular weight is 365 g/mol. The molecular formula is C17H23N3O4S. The first-order valence-electron chi connectivity index (χ1n) is 8.43. The van der Waals surface area contributed by atoms with Crippen LogP contribution >= 0.6 is 0 Å². The van der Waals surface area contributed by atoms with Gasteiger partial charge in [0.25, 0.3) is 5.91 Å². The SMILES string of the molecule is Cc1cc(/C=C/C(=O)NNC(=O)[C@@H]2CCS(=O)(=O)C2)c(C)n1C1CC1. The molecule has 1 aliphatic heterocycles. The van der Waals surface area contributed by atoms with Gasteiger partial charge in [0, 0.05) is 23.5 Å². The number of nitrogens with one attached hydrogen (secondary N) is 2. The van der Waals surface area contributed by atoms with Gasteiger partial charge in [-0.15, -0.1) is 0 Å². The lowest BCUT2D eigenvalue weighted by Crippen LogP contribution is -2.44. The maximum atomic E-state index is 11.9. The largest absolute Gasteiger partial charge is 0.346 e. The molecule has 0 spiro atoms. The number of rotatable bonds is 4. The van der Waals surface area contributed by atoms with E-state index in [1.165, 1.54) is 24.6 Å². The first-order chi connectivity index (χ1) is 11.8. The van der Waals surface area contributed by atoms with Crippen molar-refractivity contribution in [1.29, 1.82) is 0 Å². The van der Waals surface area contributed by atoms with Crippen LogP contribution in [0.3, 0.4) is 0 Å². The topological polar surface area (TPSA) is 97.3 Å². The van der Waals surface area contributed by atoms with E-state index < -0.39 is 27.6 Å². The number of aromatic nitrogens is 1. The van der Waals surface area contributed by atoms with E-state index in [2.05, 4.69) is 22.3 Å². The molecule has 0 bridgehead atoms. The minimum Gasteiger partial charge on any atom is -0.346 e. The van der Waals surface area contributed by atoms with Gasteiger partial charge in [0.1, 0.15) is 0 Å². The summed E-state index contributed by atoms with van der Waals surface area (Å²) in [5.41, 5.74) is 7.89. The van der Waals surface area contributed by atoms with E-state index in [1.807, 2.05) is 13.0 Å². The summed E-state index contributed by atoms with van der Waals surface area (Å²) in [5, 5.41) is 0. The van der Waals surface area contributed by atoms with Crippen LogP contribution in [-0.4, -0.2) is 36.3 Å². The second-order valence-electron chi connectivity index (χ2n) is 6.84. The molecule has 0 radical (unpaired) electrons. The van der Waals surface area contributed by atoms with E-state index in [0.29, 0.717) is 12.5 Å². The molecule has 136 valence electrons. The summed E-state index contributed by atoms with van der Waals surface area (Å²) in [6.45, 7) is 4.09. The first-order valence-corrected chi connectivity index (χ1v) is 10.3. The zero-order chi connectivity index (χ0) is 18.2. The summed E-state index contributed by atoms with van der Waals surface area (Å²) in [6.07, 6.45) is 5.78. The van der Waals surface area contributed by atoms with E-state index in [0.717, 1.165) is 11.3 Å². The molecule has 25 heavy (non-hydrogen) atoms. The summed E-state index contributed by atoms with van der Waals surface area (Å²) in [4.78, 5) is 23.8. The zero-order valence-electron chi connectivity index (χ0n) is 14.4. The van der Waals surface area contributed by atoms with Crippen molar-refractivity contribution in [2.75, 3.05) is 11.5 Å². The molecule has 2 N–H and O–H groups in total. The van der Waals surface area contributed by atoms with Crippen LogP contribution < -0.4 is 10.9 Å². The standard InChI is InChI=1S/C17H23N3O4S/c1-11-9-13(12(2)20(11)15-4-5-15)3-6-16(21)18-19-17(22)14-7-8-25(23,24)10-14/h3,6,9,14-15H,4-5,7-8,10H2,1-2H3,(H,18,21)(H,19,22)/b6-3+/t14-/m1/s1. The maximum absolute atomic E-state index is 11.9. The van der Waals surface area contributed by atoms with Gasteiger partial charge in [-0.1, -0.05) is 0 Å². The minimum absolute atomic E-state index is 0.0234. The lowest BCUT2D eigenvalue weighted by atomic mass is 10.1. The average Bonchev–Trinajstić information content (AvgIpc) is 3.24. The van der Waals surface area contributed by atoms with E-state index in [4.69, 9.17) is 0 Å². The molecular weight excluding hydrogens is 342 g/mol. The Morgan fingerprint density at radius 2 is 1.92 bits per heavy atom. The molecule has 2 fully saturated rings. The number of carbonyl (C=O) groups excluding carboxylic acids is 2. The molecule has 2 amide bonds. The third kappa shape index (κ3) is 4.12. The second-order valence-corrected chi connectivity index (χ2v) is 9.07. The molecule has 1 aromatic rings. The Labute approximate surface area is 147 Å². The number of amides is 2. The van der Waals surface area contributed by atoms with Crippen LogP contribution in [-0.2, 0) is 19.4 Å². The Hall–Kier alpha value is -2.09. The van der Waals surface area contributed by atoms with E-state index in [9.17, 15) is 18.0 Å². The Kier molecular flexibility index (Phi) is 4.73. The van der Waals surface area contributed by atoms with Gasteiger partial charge in [0.05, 0.1) is 17.4 Å². The first kappa shape index (κ1) is 17.7. The highest BCUT2D eigenvalue weighted by molar-refractivity contribution is 7.91. The third-order valence-corrected chi connectivity index (χ3v) is 6.53. The summed E-state index contributed by atoms with van der Waals surface area (Å²) in [6, 6.07) is 2.62. The Morgan fingerprint density at radius 3 is 2.52 bits per heavy atom. The van der Waals surface area contributed by atoms with Crippen LogP contribution in [0.1, 0.15) is 42.3 Å². The van der Waals surface area contributed by atoms with Gasteiger partial charge in [0.15, 0.2) is 9.84 Å². The fourth-order valence-electron chi connectivity index (χ4n) is 3.30. The summed E-state index contributed by atoms with van der Waals surface area (Å²) in [5.74, 6) is -1.64. The minimum atomic E-state index is -3.12. The van der Waals surface area contributed by atoms with Crippen LogP contribution in [0.15, 0.2) is 12.1 Å².